The van der Waals surface area contributed by atoms with Crippen molar-refractivity contribution < 1.29 is 4.84 Å². The molecule has 2 atom stereocenters. The van der Waals surface area contributed by atoms with Gasteiger partial charge < -0.3 is 15.5 Å². The van der Waals surface area contributed by atoms with Gasteiger partial charge in [-0.1, -0.05) is 0 Å². The molecule has 2 unspecified atom stereocenters. The lowest BCUT2D eigenvalue weighted by Crippen LogP contribution is -2.28. The Morgan fingerprint density at radius 1 is 1.61 bits per heavy atom. The van der Waals surface area contributed by atoms with Crippen LogP contribution < -0.4 is 11.2 Å². The van der Waals surface area contributed by atoms with Crippen molar-refractivity contribution in [3.05, 3.63) is 23.6 Å². The Hall–Kier alpha value is -2.02. The molecule has 3 N–H and O–H groups in total. The SMILES string of the molecule is CNO/C(C)=C/C(N=CN)/C(C)=C/N(C)CC1CN(C)N=C1C. The molecule has 0 aliphatic carbocycles. The summed E-state index contributed by atoms with van der Waals surface area (Å²) in [6.07, 6.45) is 5.36. The fourth-order valence-electron chi connectivity index (χ4n) is 2.66. The van der Waals surface area contributed by atoms with Gasteiger partial charge in [0, 0.05) is 52.1 Å². The van der Waals surface area contributed by atoms with Gasteiger partial charge in [-0.25, -0.2) is 0 Å². The minimum atomic E-state index is -0.142. The fraction of sp³-hybridized carbons (Fsp3) is 0.625. The van der Waals surface area contributed by atoms with Gasteiger partial charge in [0.15, 0.2) is 0 Å². The normalized spacial score (nSPS) is 20.9. The number of aliphatic imine (C=N–C) groups is 1. The number of nitrogens with zero attached hydrogens (tertiary/aromatic N) is 4. The van der Waals surface area contributed by atoms with E-state index in [-0.39, 0.29) is 6.04 Å². The number of hydroxylamine groups is 1. The lowest BCUT2D eigenvalue weighted by Gasteiger charge is -2.21. The predicted octanol–water partition coefficient (Wildman–Crippen LogP) is 1.17. The summed E-state index contributed by atoms with van der Waals surface area (Å²) in [6.45, 7) is 7.88. The van der Waals surface area contributed by atoms with E-state index in [0.29, 0.717) is 5.92 Å². The van der Waals surface area contributed by atoms with E-state index in [1.165, 1.54) is 12.1 Å². The zero-order chi connectivity index (χ0) is 17.4. The van der Waals surface area contributed by atoms with E-state index in [1.54, 1.807) is 7.05 Å². The Kier molecular flexibility index (Phi) is 7.61. The number of allylic oxidation sites excluding steroid dienone is 1. The molecule has 1 rings (SSSR count). The zero-order valence-corrected chi connectivity index (χ0v) is 15.1. The molecule has 7 nitrogen and oxygen atoms in total. The van der Waals surface area contributed by atoms with Crippen LogP contribution in [0.5, 0.6) is 0 Å². The summed E-state index contributed by atoms with van der Waals surface area (Å²) in [4.78, 5) is 11.7. The molecule has 1 heterocycles. The molecular formula is C16H30N6O. The van der Waals surface area contributed by atoms with Crippen LogP contribution in [0.3, 0.4) is 0 Å². The van der Waals surface area contributed by atoms with Gasteiger partial charge in [0.05, 0.1) is 12.4 Å². The highest BCUT2D eigenvalue weighted by Crippen LogP contribution is 2.15. The second-order valence-electron chi connectivity index (χ2n) is 5.92. The minimum absolute atomic E-state index is 0.142. The average molecular weight is 322 g/mol. The minimum Gasteiger partial charge on any atom is -0.414 e. The molecule has 130 valence electrons. The third kappa shape index (κ3) is 6.32. The van der Waals surface area contributed by atoms with Crippen molar-refractivity contribution in [1.82, 2.24) is 15.4 Å². The summed E-state index contributed by atoms with van der Waals surface area (Å²) < 4.78 is 0. The summed E-state index contributed by atoms with van der Waals surface area (Å²) in [6, 6.07) is -0.142. The second-order valence-corrected chi connectivity index (χ2v) is 5.92. The Morgan fingerprint density at radius 3 is 2.83 bits per heavy atom. The van der Waals surface area contributed by atoms with E-state index in [4.69, 9.17) is 10.6 Å². The van der Waals surface area contributed by atoms with E-state index in [0.717, 1.165) is 24.4 Å². The zero-order valence-electron chi connectivity index (χ0n) is 15.1. The standard InChI is InChI=1S/C16H30N6O/c1-12(16(19-11-17)7-13(2)23-18-4)8-21(5)9-15-10-22(6)20-14(15)3/h7-8,11,15-16,18H,9-10H2,1-6H3,(H2,17,19)/b12-8+,13-7+. The van der Waals surface area contributed by atoms with E-state index in [9.17, 15) is 0 Å². The van der Waals surface area contributed by atoms with Gasteiger partial charge >= 0.3 is 0 Å². The van der Waals surface area contributed by atoms with E-state index in [1.807, 2.05) is 32.0 Å². The largest absolute Gasteiger partial charge is 0.414 e. The van der Waals surface area contributed by atoms with Crippen LogP contribution in [0.4, 0.5) is 0 Å². The molecule has 1 aliphatic rings. The van der Waals surface area contributed by atoms with Gasteiger partial charge in [-0.05, 0) is 32.4 Å². The lowest BCUT2D eigenvalue weighted by atomic mass is 10.0. The molecule has 0 spiro atoms. The van der Waals surface area contributed by atoms with Crippen LogP contribution in [0.15, 0.2) is 33.7 Å². The molecule has 0 saturated carbocycles. The predicted molar refractivity (Wildman–Crippen MR) is 96.0 cm³/mol. The van der Waals surface area contributed by atoms with Crippen molar-refractivity contribution in [3.8, 4) is 0 Å². The van der Waals surface area contributed by atoms with Crippen molar-refractivity contribution >= 4 is 12.1 Å². The maximum Gasteiger partial charge on any atom is 0.119 e. The summed E-state index contributed by atoms with van der Waals surface area (Å²) in [5, 5.41) is 6.45. The molecule has 0 fully saturated rings. The molecule has 0 saturated heterocycles. The number of nitrogens with two attached hydrogens (primary N) is 1. The Balaban J connectivity index is 2.74. The first-order chi connectivity index (χ1) is 10.9. The Bertz CT molecular complexity index is 497. The van der Waals surface area contributed by atoms with Gasteiger partial charge in [0.25, 0.3) is 0 Å². The van der Waals surface area contributed by atoms with Crippen LogP contribution in [0.25, 0.3) is 0 Å². The van der Waals surface area contributed by atoms with Gasteiger partial charge in [-0.15, -0.1) is 0 Å². The van der Waals surface area contributed by atoms with Crippen molar-refractivity contribution in [2.45, 2.75) is 26.8 Å². The fourth-order valence-corrected chi connectivity index (χ4v) is 2.66. The number of hydrazone groups is 1. The highest BCUT2D eigenvalue weighted by Gasteiger charge is 2.22. The van der Waals surface area contributed by atoms with Crippen LogP contribution in [0.1, 0.15) is 20.8 Å². The third-order valence-corrected chi connectivity index (χ3v) is 3.71. The van der Waals surface area contributed by atoms with Crippen molar-refractivity contribution in [1.29, 1.82) is 0 Å². The van der Waals surface area contributed by atoms with Gasteiger partial charge in [-0.3, -0.25) is 10.0 Å². The molecule has 7 heteroatoms. The number of hydrogen-bond donors (Lipinski definition) is 2. The van der Waals surface area contributed by atoms with Gasteiger partial charge in [-0.2, -0.15) is 10.6 Å². The van der Waals surface area contributed by atoms with Crippen LogP contribution in [0.2, 0.25) is 0 Å². The molecule has 0 aromatic heterocycles. The van der Waals surface area contributed by atoms with Crippen LogP contribution in [-0.4, -0.2) is 62.2 Å². The molecule has 0 aromatic carbocycles. The molecule has 0 amide bonds. The molecule has 23 heavy (non-hydrogen) atoms. The van der Waals surface area contributed by atoms with Crippen LogP contribution >= 0.6 is 0 Å². The highest BCUT2D eigenvalue weighted by atomic mass is 16.6. The van der Waals surface area contributed by atoms with E-state index >= 15 is 0 Å². The molecule has 0 radical (unpaired) electrons. The van der Waals surface area contributed by atoms with Crippen molar-refractivity contribution in [3.63, 3.8) is 0 Å². The van der Waals surface area contributed by atoms with Crippen molar-refractivity contribution in [2.75, 3.05) is 34.2 Å². The van der Waals surface area contributed by atoms with Crippen LogP contribution in [-0.2, 0) is 4.84 Å². The van der Waals surface area contributed by atoms with Crippen LogP contribution in [0, 0.1) is 5.92 Å². The maximum absolute atomic E-state index is 5.47. The third-order valence-electron chi connectivity index (χ3n) is 3.71. The maximum atomic E-state index is 5.47. The molecule has 1 aliphatic heterocycles. The summed E-state index contributed by atoms with van der Waals surface area (Å²) >= 11 is 0. The summed E-state index contributed by atoms with van der Waals surface area (Å²) in [5.74, 6) is 1.20. The topological polar surface area (TPSA) is 78.5 Å². The first kappa shape index (κ1) is 19.0. The van der Waals surface area contributed by atoms with E-state index in [2.05, 4.69) is 40.6 Å². The molecular weight excluding hydrogens is 292 g/mol. The summed E-state index contributed by atoms with van der Waals surface area (Å²) in [5.41, 5.74) is 10.4. The second kappa shape index (κ2) is 9.19. The quantitative estimate of drug-likeness (QED) is 0.303. The van der Waals surface area contributed by atoms with E-state index < -0.39 is 0 Å². The molecule has 0 bridgehead atoms. The number of nitrogens with one attached hydrogen (secondary N) is 1. The number of rotatable bonds is 8. The first-order valence-electron chi connectivity index (χ1n) is 7.77. The Labute approximate surface area is 139 Å². The average Bonchev–Trinajstić information content (AvgIpc) is 2.76. The lowest BCUT2D eigenvalue weighted by molar-refractivity contribution is 0.127. The van der Waals surface area contributed by atoms with Gasteiger partial charge in [0.2, 0.25) is 0 Å². The van der Waals surface area contributed by atoms with Crippen molar-refractivity contribution in [2.24, 2.45) is 21.7 Å². The Morgan fingerprint density at radius 2 is 2.30 bits per heavy atom. The number of hydrogen-bond acceptors (Lipinski definition) is 6. The smallest absolute Gasteiger partial charge is 0.119 e. The van der Waals surface area contributed by atoms with Gasteiger partial charge in [0.1, 0.15) is 5.76 Å². The highest BCUT2D eigenvalue weighted by molar-refractivity contribution is 5.85. The first-order valence-corrected chi connectivity index (χ1v) is 7.77. The monoisotopic (exact) mass is 322 g/mol. The molecule has 0 aromatic rings. The summed E-state index contributed by atoms with van der Waals surface area (Å²) in [7, 11) is 5.79.